The molecule has 7 nitrogen and oxygen atoms in total. The number of ether oxygens (including phenoxy) is 1. The number of rotatable bonds is 8. The van der Waals surface area contributed by atoms with Crippen molar-refractivity contribution in [3.05, 3.63) is 54.1 Å². The van der Waals surface area contributed by atoms with Gasteiger partial charge < -0.3 is 19.5 Å². The van der Waals surface area contributed by atoms with Crippen LogP contribution in [0.4, 0.5) is 0 Å². The fourth-order valence-electron chi connectivity index (χ4n) is 2.47. The van der Waals surface area contributed by atoms with Gasteiger partial charge in [-0.05, 0) is 45.3 Å². The molecule has 0 radical (unpaired) electrons. The van der Waals surface area contributed by atoms with E-state index in [0.29, 0.717) is 24.0 Å². The largest absolute Gasteiger partial charge is 0.484 e. The van der Waals surface area contributed by atoms with Gasteiger partial charge in [-0.1, -0.05) is 35.0 Å². The summed E-state index contributed by atoms with van der Waals surface area (Å²) < 4.78 is 10.9. The molecule has 0 spiro atoms. The molecule has 1 aromatic heterocycles. The van der Waals surface area contributed by atoms with Crippen molar-refractivity contribution in [3.8, 4) is 28.6 Å². The topological polar surface area (TPSA) is 80.5 Å². The van der Waals surface area contributed by atoms with Crippen LogP contribution in [0.25, 0.3) is 22.8 Å². The summed E-state index contributed by atoms with van der Waals surface area (Å²) in [5.41, 5.74) is 2.86. The Bertz CT molecular complexity index is 902. The third-order valence-corrected chi connectivity index (χ3v) is 4.09. The lowest BCUT2D eigenvalue weighted by atomic mass is 10.1. The highest BCUT2D eigenvalue weighted by Crippen LogP contribution is 2.24. The first kappa shape index (κ1) is 19.6. The van der Waals surface area contributed by atoms with Gasteiger partial charge in [0, 0.05) is 24.2 Å². The molecule has 2 aromatic carbocycles. The molecule has 28 heavy (non-hydrogen) atoms. The third kappa shape index (κ3) is 5.40. The number of nitrogens with one attached hydrogen (secondary N) is 1. The Hall–Kier alpha value is -3.19. The molecule has 0 atom stereocenters. The first-order valence-electron chi connectivity index (χ1n) is 9.06. The van der Waals surface area contributed by atoms with E-state index in [4.69, 9.17) is 9.26 Å². The number of hydrogen-bond acceptors (Lipinski definition) is 6. The highest BCUT2D eigenvalue weighted by molar-refractivity contribution is 5.77. The SMILES string of the molecule is Cc1ccc(-c2noc(-c3ccc(OCC(=O)NCCN(C)C)cc3)n2)cc1. The van der Waals surface area contributed by atoms with Gasteiger partial charge in [-0.25, -0.2) is 0 Å². The molecular weight excluding hydrogens is 356 g/mol. The molecule has 146 valence electrons. The summed E-state index contributed by atoms with van der Waals surface area (Å²) in [5.74, 6) is 1.43. The Morgan fingerprint density at radius 2 is 1.75 bits per heavy atom. The van der Waals surface area contributed by atoms with Gasteiger partial charge in [-0.3, -0.25) is 4.79 Å². The highest BCUT2D eigenvalue weighted by atomic mass is 16.5. The molecule has 0 bridgehead atoms. The van der Waals surface area contributed by atoms with Crippen LogP contribution in [0.1, 0.15) is 5.56 Å². The van der Waals surface area contributed by atoms with Gasteiger partial charge in [0.25, 0.3) is 11.8 Å². The van der Waals surface area contributed by atoms with E-state index in [0.717, 1.165) is 17.7 Å². The van der Waals surface area contributed by atoms with Gasteiger partial charge in [0.1, 0.15) is 5.75 Å². The summed E-state index contributed by atoms with van der Waals surface area (Å²) in [7, 11) is 3.91. The normalized spacial score (nSPS) is 10.9. The lowest BCUT2D eigenvalue weighted by Gasteiger charge is -2.11. The van der Waals surface area contributed by atoms with E-state index in [1.165, 1.54) is 5.56 Å². The van der Waals surface area contributed by atoms with E-state index in [1.807, 2.05) is 62.3 Å². The summed E-state index contributed by atoms with van der Waals surface area (Å²) in [5, 5.41) is 6.85. The summed E-state index contributed by atoms with van der Waals surface area (Å²) in [4.78, 5) is 18.2. The van der Waals surface area contributed by atoms with Crippen LogP contribution in [-0.4, -0.2) is 54.7 Å². The summed E-state index contributed by atoms with van der Waals surface area (Å²) in [6.07, 6.45) is 0. The van der Waals surface area contributed by atoms with Crippen LogP contribution >= 0.6 is 0 Å². The Morgan fingerprint density at radius 3 is 2.43 bits per heavy atom. The number of nitrogens with zero attached hydrogens (tertiary/aromatic N) is 3. The quantitative estimate of drug-likeness (QED) is 0.647. The minimum Gasteiger partial charge on any atom is -0.484 e. The summed E-state index contributed by atoms with van der Waals surface area (Å²) in [6, 6.07) is 15.1. The van der Waals surface area contributed by atoms with Crippen LogP contribution in [0.3, 0.4) is 0 Å². The van der Waals surface area contributed by atoms with Gasteiger partial charge in [-0.15, -0.1) is 0 Å². The third-order valence-electron chi connectivity index (χ3n) is 4.09. The average molecular weight is 380 g/mol. The second-order valence-electron chi connectivity index (χ2n) is 6.76. The standard InChI is InChI=1S/C21H24N4O3/c1-15-4-6-16(7-5-15)20-23-21(28-24-20)17-8-10-18(11-9-17)27-14-19(26)22-12-13-25(2)3/h4-11H,12-14H2,1-3H3,(H,22,26). The average Bonchev–Trinajstić information content (AvgIpc) is 3.17. The summed E-state index contributed by atoms with van der Waals surface area (Å²) >= 11 is 0. The van der Waals surface area contributed by atoms with Crippen LogP contribution < -0.4 is 10.1 Å². The van der Waals surface area contributed by atoms with Crippen molar-refractivity contribution in [2.45, 2.75) is 6.92 Å². The van der Waals surface area contributed by atoms with E-state index in [-0.39, 0.29) is 12.5 Å². The number of benzene rings is 2. The predicted molar refractivity (Wildman–Crippen MR) is 107 cm³/mol. The lowest BCUT2D eigenvalue weighted by molar-refractivity contribution is -0.123. The Kier molecular flexibility index (Phi) is 6.39. The molecule has 0 aliphatic rings. The number of amides is 1. The fraction of sp³-hybridized carbons (Fsp3) is 0.286. The first-order chi connectivity index (χ1) is 13.5. The Balaban J connectivity index is 1.56. The van der Waals surface area contributed by atoms with Crippen molar-refractivity contribution < 1.29 is 14.1 Å². The maximum atomic E-state index is 11.8. The zero-order valence-corrected chi connectivity index (χ0v) is 16.3. The van der Waals surface area contributed by atoms with Gasteiger partial charge in [0.15, 0.2) is 6.61 Å². The second kappa shape index (κ2) is 9.14. The van der Waals surface area contributed by atoms with Crippen molar-refractivity contribution in [3.63, 3.8) is 0 Å². The minimum absolute atomic E-state index is 0.0229. The first-order valence-corrected chi connectivity index (χ1v) is 9.06. The number of aryl methyl sites for hydroxylation is 1. The van der Waals surface area contributed by atoms with Crippen LogP contribution in [-0.2, 0) is 4.79 Å². The maximum Gasteiger partial charge on any atom is 0.258 e. The fourth-order valence-corrected chi connectivity index (χ4v) is 2.47. The van der Waals surface area contributed by atoms with Gasteiger partial charge in [0.05, 0.1) is 0 Å². The molecule has 1 amide bonds. The number of likely N-dealkylation sites (N-methyl/N-ethyl adjacent to an activating group) is 1. The monoisotopic (exact) mass is 380 g/mol. The molecule has 0 aliphatic carbocycles. The van der Waals surface area contributed by atoms with Crippen molar-refractivity contribution >= 4 is 5.91 Å². The molecule has 1 heterocycles. The van der Waals surface area contributed by atoms with Gasteiger partial charge >= 0.3 is 0 Å². The number of aromatic nitrogens is 2. The van der Waals surface area contributed by atoms with E-state index in [2.05, 4.69) is 15.5 Å². The predicted octanol–water partition coefficient (Wildman–Crippen LogP) is 2.77. The van der Waals surface area contributed by atoms with E-state index >= 15 is 0 Å². The van der Waals surface area contributed by atoms with Crippen molar-refractivity contribution in [1.29, 1.82) is 0 Å². The molecular formula is C21H24N4O3. The van der Waals surface area contributed by atoms with Crippen molar-refractivity contribution in [1.82, 2.24) is 20.4 Å². The number of hydrogen-bond donors (Lipinski definition) is 1. The van der Waals surface area contributed by atoms with Crippen molar-refractivity contribution in [2.75, 3.05) is 33.8 Å². The molecule has 3 aromatic rings. The van der Waals surface area contributed by atoms with E-state index in [9.17, 15) is 4.79 Å². The molecule has 0 fully saturated rings. The molecule has 0 aliphatic heterocycles. The van der Waals surface area contributed by atoms with Crippen LogP contribution in [0.5, 0.6) is 5.75 Å². The number of carbonyl (C=O) groups is 1. The number of carbonyl (C=O) groups excluding carboxylic acids is 1. The Labute approximate surface area is 164 Å². The molecule has 0 saturated heterocycles. The summed E-state index contributed by atoms with van der Waals surface area (Å²) in [6.45, 7) is 3.39. The minimum atomic E-state index is -0.148. The molecule has 7 heteroatoms. The van der Waals surface area contributed by atoms with Gasteiger partial charge in [0.2, 0.25) is 5.82 Å². The van der Waals surface area contributed by atoms with Crippen LogP contribution in [0.2, 0.25) is 0 Å². The molecule has 3 rings (SSSR count). The zero-order valence-electron chi connectivity index (χ0n) is 16.3. The Morgan fingerprint density at radius 1 is 1.07 bits per heavy atom. The maximum absolute atomic E-state index is 11.8. The highest BCUT2D eigenvalue weighted by Gasteiger charge is 2.11. The van der Waals surface area contributed by atoms with Crippen molar-refractivity contribution in [2.24, 2.45) is 0 Å². The van der Waals surface area contributed by atoms with E-state index in [1.54, 1.807) is 12.1 Å². The zero-order chi connectivity index (χ0) is 19.9. The van der Waals surface area contributed by atoms with Crippen LogP contribution in [0.15, 0.2) is 53.1 Å². The van der Waals surface area contributed by atoms with Gasteiger partial charge in [-0.2, -0.15) is 4.98 Å². The van der Waals surface area contributed by atoms with E-state index < -0.39 is 0 Å². The molecule has 0 unspecified atom stereocenters. The van der Waals surface area contributed by atoms with Crippen LogP contribution in [0, 0.1) is 6.92 Å². The smallest absolute Gasteiger partial charge is 0.258 e. The second-order valence-corrected chi connectivity index (χ2v) is 6.76. The lowest BCUT2D eigenvalue weighted by Crippen LogP contribution is -2.34. The molecule has 0 saturated carbocycles. The molecule has 1 N–H and O–H groups in total.